The number of carboxylic acids is 1. The molecule has 0 bridgehead atoms. The van der Waals surface area contributed by atoms with Crippen LogP contribution in [0.15, 0.2) is 17.5 Å². The zero-order valence-electron chi connectivity index (χ0n) is 17.5. The number of piperidine rings is 1. The summed E-state index contributed by atoms with van der Waals surface area (Å²) in [5, 5.41) is 18.3. The van der Waals surface area contributed by atoms with Crippen molar-refractivity contribution >= 4 is 23.2 Å². The van der Waals surface area contributed by atoms with Gasteiger partial charge in [0.1, 0.15) is 5.82 Å². The summed E-state index contributed by atoms with van der Waals surface area (Å²) in [5.41, 5.74) is 0.00544. The molecule has 0 atom stereocenters. The third-order valence-corrected chi connectivity index (χ3v) is 6.96. The standard InChI is InChI=1S/C18H23N5OS.C2HF3O2/c1-21-11-15-19-20-16(14-3-2-10-25-14)23(15)18(12-21)6-8-22(9-7-18)17(24)13-4-5-13;3-2(4,5)1(6)7/h2-3,10,13H,4-9,11-12H2,1H3;(H,6,7). The molecule has 1 N–H and O–H groups in total. The number of amides is 1. The van der Waals surface area contributed by atoms with Crippen LogP contribution in [-0.4, -0.2) is 74.4 Å². The maximum absolute atomic E-state index is 12.4. The number of fused-ring (bicyclic) bond motifs is 2. The summed E-state index contributed by atoms with van der Waals surface area (Å²) in [5.74, 6) is -0.0107. The van der Waals surface area contributed by atoms with Gasteiger partial charge in [-0.1, -0.05) is 6.07 Å². The van der Waals surface area contributed by atoms with Gasteiger partial charge in [-0.15, -0.1) is 21.5 Å². The molecule has 0 aromatic carbocycles. The number of carbonyl (C=O) groups excluding carboxylic acids is 1. The molecule has 1 saturated heterocycles. The zero-order chi connectivity index (χ0) is 23.1. The molecule has 32 heavy (non-hydrogen) atoms. The molecule has 2 aromatic heterocycles. The average Bonchev–Trinajstić information content (AvgIpc) is 3.25. The third kappa shape index (κ3) is 4.51. The first-order chi connectivity index (χ1) is 15.1. The Labute approximate surface area is 186 Å². The lowest BCUT2D eigenvalue weighted by Gasteiger charge is -2.48. The summed E-state index contributed by atoms with van der Waals surface area (Å²) in [6.45, 7) is 3.54. The van der Waals surface area contributed by atoms with Crippen LogP contribution < -0.4 is 0 Å². The minimum atomic E-state index is -5.08. The normalized spacial score (nSPS) is 20.4. The van der Waals surface area contributed by atoms with Crippen molar-refractivity contribution in [3.63, 3.8) is 0 Å². The molecule has 0 unspecified atom stereocenters. The van der Waals surface area contributed by atoms with E-state index in [1.807, 2.05) is 0 Å². The Hall–Kier alpha value is -2.47. The minimum Gasteiger partial charge on any atom is -0.475 e. The summed E-state index contributed by atoms with van der Waals surface area (Å²) in [6.07, 6.45) is -0.943. The highest BCUT2D eigenvalue weighted by Gasteiger charge is 2.45. The molecule has 0 radical (unpaired) electrons. The van der Waals surface area contributed by atoms with E-state index in [4.69, 9.17) is 9.90 Å². The van der Waals surface area contributed by atoms with Crippen molar-refractivity contribution in [2.75, 3.05) is 26.7 Å². The second-order valence-electron chi connectivity index (χ2n) is 8.55. The molecular weight excluding hydrogens is 447 g/mol. The Bertz CT molecular complexity index is 979. The molecule has 2 aliphatic heterocycles. The Balaban J connectivity index is 0.000000307. The van der Waals surface area contributed by atoms with Crippen molar-refractivity contribution in [2.24, 2.45) is 5.92 Å². The number of nitrogens with zero attached hydrogens (tertiary/aromatic N) is 5. The van der Waals surface area contributed by atoms with E-state index in [1.165, 1.54) is 4.88 Å². The topological polar surface area (TPSA) is 91.6 Å². The number of hydrogen-bond acceptors (Lipinski definition) is 6. The maximum Gasteiger partial charge on any atom is 0.490 e. The molecule has 5 rings (SSSR count). The Morgan fingerprint density at radius 3 is 2.41 bits per heavy atom. The van der Waals surface area contributed by atoms with E-state index in [9.17, 15) is 18.0 Å². The summed E-state index contributed by atoms with van der Waals surface area (Å²) in [6, 6.07) is 4.19. The van der Waals surface area contributed by atoms with Crippen LogP contribution in [0, 0.1) is 5.92 Å². The van der Waals surface area contributed by atoms with Gasteiger partial charge in [0, 0.05) is 25.6 Å². The molecule has 1 aliphatic carbocycles. The van der Waals surface area contributed by atoms with Gasteiger partial charge in [0.25, 0.3) is 0 Å². The highest BCUT2D eigenvalue weighted by molar-refractivity contribution is 7.13. The lowest BCUT2D eigenvalue weighted by atomic mass is 9.84. The van der Waals surface area contributed by atoms with Gasteiger partial charge in [0.05, 0.1) is 17.0 Å². The van der Waals surface area contributed by atoms with Gasteiger partial charge in [0.2, 0.25) is 5.91 Å². The highest BCUT2D eigenvalue weighted by atomic mass is 32.1. The molecule has 3 aliphatic rings. The van der Waals surface area contributed by atoms with E-state index in [1.54, 1.807) is 11.3 Å². The minimum absolute atomic E-state index is 0.00544. The number of halogens is 3. The number of aromatic nitrogens is 3. The zero-order valence-corrected chi connectivity index (χ0v) is 18.3. The molecule has 1 spiro atoms. The second kappa shape index (κ2) is 8.47. The molecule has 12 heteroatoms. The summed E-state index contributed by atoms with van der Waals surface area (Å²) < 4.78 is 34.1. The Kier molecular flexibility index (Phi) is 6.01. The fourth-order valence-corrected chi connectivity index (χ4v) is 5.17. The van der Waals surface area contributed by atoms with Gasteiger partial charge in [-0.2, -0.15) is 13.2 Å². The van der Waals surface area contributed by atoms with Gasteiger partial charge in [-0.3, -0.25) is 9.69 Å². The van der Waals surface area contributed by atoms with Crippen LogP contribution in [-0.2, 0) is 21.7 Å². The largest absolute Gasteiger partial charge is 0.490 e. The summed E-state index contributed by atoms with van der Waals surface area (Å²) >= 11 is 1.72. The van der Waals surface area contributed by atoms with Gasteiger partial charge >= 0.3 is 12.1 Å². The maximum atomic E-state index is 12.4. The van der Waals surface area contributed by atoms with Gasteiger partial charge < -0.3 is 14.6 Å². The van der Waals surface area contributed by atoms with E-state index in [-0.39, 0.29) is 5.54 Å². The van der Waals surface area contributed by atoms with Crippen molar-refractivity contribution in [3.8, 4) is 10.7 Å². The van der Waals surface area contributed by atoms with Crippen molar-refractivity contribution in [2.45, 2.75) is 43.9 Å². The van der Waals surface area contributed by atoms with Crippen molar-refractivity contribution < 1.29 is 27.9 Å². The SMILES string of the molecule is CN1Cc2nnc(-c3cccs3)n2C2(CCN(C(=O)C3CC3)CC2)C1.O=C(O)C(F)(F)F. The monoisotopic (exact) mass is 471 g/mol. The Morgan fingerprint density at radius 1 is 1.22 bits per heavy atom. The van der Waals surface area contributed by atoms with E-state index < -0.39 is 12.1 Å². The number of carbonyl (C=O) groups is 2. The molecule has 8 nitrogen and oxygen atoms in total. The second-order valence-corrected chi connectivity index (χ2v) is 9.50. The lowest BCUT2D eigenvalue weighted by molar-refractivity contribution is -0.192. The van der Waals surface area contributed by atoms with E-state index >= 15 is 0 Å². The van der Waals surface area contributed by atoms with E-state index in [2.05, 4.69) is 49.1 Å². The van der Waals surface area contributed by atoms with E-state index in [0.717, 1.165) is 63.5 Å². The first-order valence-corrected chi connectivity index (χ1v) is 11.2. The number of aliphatic carboxylic acids is 1. The summed E-state index contributed by atoms with van der Waals surface area (Å²) in [7, 11) is 2.16. The molecule has 174 valence electrons. The molecule has 1 amide bonds. The third-order valence-electron chi connectivity index (χ3n) is 6.10. The van der Waals surface area contributed by atoms with Gasteiger partial charge in [-0.25, -0.2) is 4.79 Å². The molecular formula is C20H24F3N5O3S. The smallest absolute Gasteiger partial charge is 0.475 e. The fraction of sp³-hybridized carbons (Fsp3) is 0.600. The number of carboxylic acid groups (broad SMARTS) is 1. The van der Waals surface area contributed by atoms with Crippen LogP contribution in [0.25, 0.3) is 10.7 Å². The molecule has 1 saturated carbocycles. The average molecular weight is 472 g/mol. The van der Waals surface area contributed by atoms with Crippen LogP contribution in [0.1, 0.15) is 31.5 Å². The van der Waals surface area contributed by atoms with Gasteiger partial charge in [-0.05, 0) is 44.2 Å². The Morgan fingerprint density at radius 2 is 1.88 bits per heavy atom. The molecule has 2 fully saturated rings. The fourth-order valence-electron chi connectivity index (χ4n) is 4.47. The number of rotatable bonds is 2. The number of alkyl halides is 3. The number of likely N-dealkylation sites (tertiary alicyclic amines) is 1. The molecule has 2 aromatic rings. The number of likely N-dealkylation sites (N-methyl/N-ethyl adjacent to an activating group) is 1. The van der Waals surface area contributed by atoms with Crippen molar-refractivity contribution in [1.82, 2.24) is 24.6 Å². The highest BCUT2D eigenvalue weighted by Crippen LogP contribution is 2.41. The van der Waals surface area contributed by atoms with Crippen LogP contribution in [0.5, 0.6) is 0 Å². The van der Waals surface area contributed by atoms with Crippen molar-refractivity contribution in [3.05, 3.63) is 23.3 Å². The predicted molar refractivity (Wildman–Crippen MR) is 110 cm³/mol. The van der Waals surface area contributed by atoms with Crippen LogP contribution in [0.4, 0.5) is 13.2 Å². The summed E-state index contributed by atoms with van der Waals surface area (Å²) in [4.78, 5) is 26.9. The first-order valence-electron chi connectivity index (χ1n) is 10.4. The number of thiophene rings is 1. The molecule has 4 heterocycles. The van der Waals surface area contributed by atoms with Crippen molar-refractivity contribution in [1.29, 1.82) is 0 Å². The van der Waals surface area contributed by atoms with Crippen LogP contribution in [0.2, 0.25) is 0 Å². The quantitative estimate of drug-likeness (QED) is 0.724. The van der Waals surface area contributed by atoms with E-state index in [0.29, 0.717) is 11.8 Å². The predicted octanol–water partition coefficient (Wildman–Crippen LogP) is 2.81. The van der Waals surface area contributed by atoms with Gasteiger partial charge in [0.15, 0.2) is 5.82 Å². The first kappa shape index (κ1) is 22.7. The number of hydrogen-bond donors (Lipinski definition) is 1. The lowest BCUT2D eigenvalue weighted by Crippen LogP contribution is -2.56. The van der Waals surface area contributed by atoms with Crippen LogP contribution >= 0.6 is 11.3 Å². The van der Waals surface area contributed by atoms with Crippen LogP contribution in [0.3, 0.4) is 0 Å².